The van der Waals surface area contributed by atoms with Gasteiger partial charge in [-0.2, -0.15) is 0 Å². The minimum atomic E-state index is 0.273. The van der Waals surface area contributed by atoms with Crippen LogP contribution in [0.3, 0.4) is 0 Å². The van der Waals surface area contributed by atoms with Crippen LogP contribution in [0, 0.1) is 0 Å². The lowest BCUT2D eigenvalue weighted by Crippen LogP contribution is -2.33. The van der Waals surface area contributed by atoms with Crippen molar-refractivity contribution in [1.29, 1.82) is 0 Å². The highest BCUT2D eigenvalue weighted by Crippen LogP contribution is 2.29. The molecule has 1 atom stereocenters. The standard InChI is InChI=1S/C25H30N2O3/c1-28-24-12-11-21(16-25(24)30-19-20-8-3-2-4-9-20)17-26-18-22(23-10-7-15-29-23)27-13-5-6-14-27/h2-4,7-12,15-16,22,26H,5-6,13-14,17-19H2,1H3. The monoisotopic (exact) mass is 406 g/mol. The molecule has 1 unspecified atom stereocenters. The highest BCUT2D eigenvalue weighted by Gasteiger charge is 2.25. The first-order valence-corrected chi connectivity index (χ1v) is 10.7. The van der Waals surface area contributed by atoms with Crippen molar-refractivity contribution in [2.75, 3.05) is 26.7 Å². The summed E-state index contributed by atoms with van der Waals surface area (Å²) in [5, 5.41) is 3.61. The Labute approximate surface area is 178 Å². The SMILES string of the molecule is COc1ccc(CNCC(c2ccco2)N2CCCC2)cc1OCc1ccccc1. The fourth-order valence-electron chi connectivity index (χ4n) is 3.98. The maximum absolute atomic E-state index is 6.05. The average molecular weight is 407 g/mol. The van der Waals surface area contributed by atoms with Gasteiger partial charge in [-0.25, -0.2) is 0 Å². The van der Waals surface area contributed by atoms with Gasteiger partial charge in [-0.15, -0.1) is 0 Å². The Morgan fingerprint density at radius 3 is 2.53 bits per heavy atom. The number of ether oxygens (including phenoxy) is 2. The molecule has 0 aliphatic carbocycles. The third-order valence-electron chi connectivity index (χ3n) is 5.59. The van der Waals surface area contributed by atoms with Crippen LogP contribution in [0.5, 0.6) is 11.5 Å². The van der Waals surface area contributed by atoms with Crippen LogP contribution in [0.1, 0.15) is 35.8 Å². The van der Waals surface area contributed by atoms with Crippen molar-refractivity contribution in [2.24, 2.45) is 0 Å². The molecule has 1 saturated heterocycles. The summed E-state index contributed by atoms with van der Waals surface area (Å²) in [5.74, 6) is 2.55. The predicted molar refractivity (Wildman–Crippen MR) is 118 cm³/mol. The summed E-state index contributed by atoms with van der Waals surface area (Å²) in [4.78, 5) is 2.51. The molecule has 0 spiro atoms. The number of benzene rings is 2. The first-order chi connectivity index (χ1) is 14.8. The molecule has 1 aliphatic heterocycles. The molecule has 0 bridgehead atoms. The molecule has 30 heavy (non-hydrogen) atoms. The van der Waals surface area contributed by atoms with E-state index in [1.54, 1.807) is 13.4 Å². The fourth-order valence-corrected chi connectivity index (χ4v) is 3.98. The van der Waals surface area contributed by atoms with Crippen LogP contribution in [0.25, 0.3) is 0 Å². The van der Waals surface area contributed by atoms with Crippen molar-refractivity contribution in [3.05, 3.63) is 83.8 Å². The lowest BCUT2D eigenvalue weighted by molar-refractivity contribution is 0.209. The molecule has 1 N–H and O–H groups in total. The number of rotatable bonds is 10. The second-order valence-electron chi connectivity index (χ2n) is 7.66. The summed E-state index contributed by atoms with van der Waals surface area (Å²) in [6.45, 7) is 4.39. The molecule has 2 heterocycles. The van der Waals surface area contributed by atoms with E-state index in [-0.39, 0.29) is 6.04 Å². The van der Waals surface area contributed by atoms with Crippen molar-refractivity contribution < 1.29 is 13.9 Å². The van der Waals surface area contributed by atoms with Crippen molar-refractivity contribution in [3.8, 4) is 11.5 Å². The Hall–Kier alpha value is -2.76. The molecule has 5 heteroatoms. The van der Waals surface area contributed by atoms with Crippen LogP contribution in [-0.2, 0) is 13.2 Å². The van der Waals surface area contributed by atoms with Crippen LogP contribution in [0.15, 0.2) is 71.3 Å². The molecule has 0 radical (unpaired) electrons. The summed E-state index contributed by atoms with van der Waals surface area (Å²) >= 11 is 0. The quantitative estimate of drug-likeness (QED) is 0.524. The van der Waals surface area contributed by atoms with Gasteiger partial charge in [-0.05, 0) is 61.3 Å². The minimum Gasteiger partial charge on any atom is -0.493 e. The van der Waals surface area contributed by atoms with Gasteiger partial charge < -0.3 is 19.2 Å². The van der Waals surface area contributed by atoms with Crippen molar-refractivity contribution in [2.45, 2.75) is 32.0 Å². The first kappa shape index (κ1) is 20.5. The molecule has 2 aromatic carbocycles. The van der Waals surface area contributed by atoms with E-state index >= 15 is 0 Å². The summed E-state index contributed by atoms with van der Waals surface area (Å²) in [6.07, 6.45) is 4.29. The Morgan fingerprint density at radius 1 is 0.967 bits per heavy atom. The number of nitrogens with zero attached hydrogens (tertiary/aromatic N) is 1. The number of nitrogens with one attached hydrogen (secondary N) is 1. The smallest absolute Gasteiger partial charge is 0.161 e. The highest BCUT2D eigenvalue weighted by atomic mass is 16.5. The van der Waals surface area contributed by atoms with Gasteiger partial charge in [0.1, 0.15) is 12.4 Å². The van der Waals surface area contributed by atoms with Gasteiger partial charge in [0.2, 0.25) is 0 Å². The highest BCUT2D eigenvalue weighted by molar-refractivity contribution is 5.43. The van der Waals surface area contributed by atoms with Gasteiger partial charge in [0.05, 0.1) is 19.4 Å². The molecule has 1 fully saturated rings. The molecule has 0 amide bonds. The Bertz CT molecular complexity index is 890. The summed E-state index contributed by atoms with van der Waals surface area (Å²) < 4.78 is 17.2. The second kappa shape index (κ2) is 10.3. The maximum atomic E-state index is 6.05. The van der Waals surface area contributed by atoms with E-state index in [2.05, 4.69) is 40.5 Å². The molecule has 3 aromatic rings. The lowest BCUT2D eigenvalue weighted by atomic mass is 10.1. The summed E-state index contributed by atoms with van der Waals surface area (Å²) in [6, 6.07) is 20.6. The van der Waals surface area contributed by atoms with E-state index in [1.165, 1.54) is 18.4 Å². The summed E-state index contributed by atoms with van der Waals surface area (Å²) in [7, 11) is 1.67. The van der Waals surface area contributed by atoms with E-state index in [4.69, 9.17) is 13.9 Å². The number of methoxy groups -OCH3 is 1. The molecule has 4 rings (SSSR count). The van der Waals surface area contributed by atoms with Crippen LogP contribution >= 0.6 is 0 Å². The van der Waals surface area contributed by atoms with Crippen LogP contribution in [0.4, 0.5) is 0 Å². The van der Waals surface area contributed by atoms with E-state index in [0.717, 1.165) is 49.0 Å². The lowest BCUT2D eigenvalue weighted by Gasteiger charge is -2.26. The molecule has 1 aromatic heterocycles. The van der Waals surface area contributed by atoms with E-state index in [9.17, 15) is 0 Å². The van der Waals surface area contributed by atoms with Crippen molar-refractivity contribution in [3.63, 3.8) is 0 Å². The largest absolute Gasteiger partial charge is 0.493 e. The third kappa shape index (κ3) is 5.23. The van der Waals surface area contributed by atoms with Gasteiger partial charge in [0.25, 0.3) is 0 Å². The molecular weight excluding hydrogens is 376 g/mol. The van der Waals surface area contributed by atoms with E-state index in [1.807, 2.05) is 30.3 Å². The van der Waals surface area contributed by atoms with Gasteiger partial charge in [0, 0.05) is 13.1 Å². The topological polar surface area (TPSA) is 46.9 Å². The van der Waals surface area contributed by atoms with Gasteiger partial charge >= 0.3 is 0 Å². The molecule has 1 aliphatic rings. The number of furan rings is 1. The zero-order valence-electron chi connectivity index (χ0n) is 17.5. The number of hydrogen-bond donors (Lipinski definition) is 1. The van der Waals surface area contributed by atoms with Crippen LogP contribution in [-0.4, -0.2) is 31.6 Å². The molecule has 5 nitrogen and oxygen atoms in total. The maximum Gasteiger partial charge on any atom is 0.161 e. The zero-order valence-corrected chi connectivity index (χ0v) is 17.5. The predicted octanol–water partition coefficient (Wildman–Crippen LogP) is 4.79. The first-order valence-electron chi connectivity index (χ1n) is 10.7. The van der Waals surface area contributed by atoms with Gasteiger partial charge in [0.15, 0.2) is 11.5 Å². The molecular formula is C25H30N2O3. The summed E-state index contributed by atoms with van der Waals surface area (Å²) in [5.41, 5.74) is 2.30. The third-order valence-corrected chi connectivity index (χ3v) is 5.59. The van der Waals surface area contributed by atoms with Crippen molar-refractivity contribution in [1.82, 2.24) is 10.2 Å². The van der Waals surface area contributed by atoms with Crippen molar-refractivity contribution >= 4 is 0 Å². The van der Waals surface area contributed by atoms with E-state index < -0.39 is 0 Å². The fraction of sp³-hybridized carbons (Fsp3) is 0.360. The number of hydrogen-bond acceptors (Lipinski definition) is 5. The Kier molecular flexibility index (Phi) is 7.06. The van der Waals surface area contributed by atoms with Crippen LogP contribution in [0.2, 0.25) is 0 Å². The van der Waals surface area contributed by atoms with E-state index in [0.29, 0.717) is 6.61 Å². The van der Waals surface area contributed by atoms with Gasteiger partial charge in [-0.1, -0.05) is 36.4 Å². The Morgan fingerprint density at radius 2 is 1.80 bits per heavy atom. The average Bonchev–Trinajstić information content (AvgIpc) is 3.51. The minimum absolute atomic E-state index is 0.273. The normalized spacial score (nSPS) is 15.2. The molecule has 158 valence electrons. The molecule has 0 saturated carbocycles. The zero-order chi connectivity index (χ0) is 20.6. The Balaban J connectivity index is 1.37. The van der Waals surface area contributed by atoms with Crippen LogP contribution < -0.4 is 14.8 Å². The van der Waals surface area contributed by atoms with Gasteiger partial charge in [-0.3, -0.25) is 4.90 Å². The second-order valence-corrected chi connectivity index (χ2v) is 7.66. The number of likely N-dealkylation sites (tertiary alicyclic amines) is 1.